The van der Waals surface area contributed by atoms with E-state index in [2.05, 4.69) is 22.8 Å². The van der Waals surface area contributed by atoms with Crippen LogP contribution in [0.15, 0.2) is 48.5 Å². The Balaban J connectivity index is 1.67. The lowest BCUT2D eigenvalue weighted by Crippen LogP contribution is -2.43. The molecule has 1 saturated heterocycles. The van der Waals surface area contributed by atoms with E-state index in [-0.39, 0.29) is 11.9 Å². The van der Waals surface area contributed by atoms with Crippen LogP contribution >= 0.6 is 0 Å². The van der Waals surface area contributed by atoms with E-state index in [0.29, 0.717) is 19.6 Å². The fourth-order valence-electron chi connectivity index (χ4n) is 3.00. The summed E-state index contributed by atoms with van der Waals surface area (Å²) in [4.78, 5) is 12.3. The number of carbonyl (C=O) groups excluding carboxylic acids is 1. The predicted octanol–water partition coefficient (Wildman–Crippen LogP) is 2.60. The smallest absolute Gasteiger partial charge is 0.226 e. The molecular weight excluding hydrogens is 316 g/mol. The molecule has 132 valence electrons. The molecule has 1 heterocycles. The second kappa shape index (κ2) is 8.65. The Kier molecular flexibility index (Phi) is 6.04. The van der Waals surface area contributed by atoms with Crippen molar-refractivity contribution in [2.45, 2.75) is 18.9 Å². The topological polar surface area (TPSA) is 59.6 Å². The van der Waals surface area contributed by atoms with Crippen LogP contribution in [0.2, 0.25) is 0 Å². The zero-order valence-corrected chi connectivity index (χ0v) is 14.5. The summed E-state index contributed by atoms with van der Waals surface area (Å²) in [6.45, 7) is 2.08. The number of morpholine rings is 1. The van der Waals surface area contributed by atoms with Crippen LogP contribution in [0, 0.1) is 0 Å². The van der Waals surface area contributed by atoms with Crippen LogP contribution < -0.4 is 15.4 Å². The maximum Gasteiger partial charge on any atom is 0.226 e. The molecule has 2 N–H and O–H groups in total. The maximum atomic E-state index is 12.3. The van der Waals surface area contributed by atoms with Gasteiger partial charge in [0.1, 0.15) is 5.75 Å². The Labute approximate surface area is 148 Å². The molecule has 5 nitrogen and oxygen atoms in total. The summed E-state index contributed by atoms with van der Waals surface area (Å²) in [5.41, 5.74) is 3.03. The molecule has 2 aromatic carbocycles. The molecule has 0 spiro atoms. The summed E-state index contributed by atoms with van der Waals surface area (Å²) in [6, 6.07) is 16.0. The third kappa shape index (κ3) is 5.05. The highest BCUT2D eigenvalue weighted by atomic mass is 16.5. The van der Waals surface area contributed by atoms with Gasteiger partial charge in [0.15, 0.2) is 0 Å². The fourth-order valence-corrected chi connectivity index (χ4v) is 3.00. The molecule has 1 aliphatic rings. The van der Waals surface area contributed by atoms with Crippen molar-refractivity contribution in [3.63, 3.8) is 0 Å². The number of hydrogen-bond acceptors (Lipinski definition) is 4. The van der Waals surface area contributed by atoms with Crippen molar-refractivity contribution in [2.75, 3.05) is 32.2 Å². The van der Waals surface area contributed by atoms with Gasteiger partial charge >= 0.3 is 0 Å². The van der Waals surface area contributed by atoms with E-state index >= 15 is 0 Å². The monoisotopic (exact) mass is 340 g/mol. The molecule has 3 rings (SSSR count). The van der Waals surface area contributed by atoms with Crippen LogP contribution in [0.3, 0.4) is 0 Å². The van der Waals surface area contributed by atoms with Crippen LogP contribution in [-0.4, -0.2) is 38.8 Å². The van der Waals surface area contributed by atoms with E-state index in [0.717, 1.165) is 30.0 Å². The second-order valence-corrected chi connectivity index (χ2v) is 6.17. The Morgan fingerprint density at radius 1 is 1.28 bits per heavy atom. The summed E-state index contributed by atoms with van der Waals surface area (Å²) in [5.74, 6) is 0.808. The average molecular weight is 340 g/mol. The van der Waals surface area contributed by atoms with Crippen LogP contribution in [0.25, 0.3) is 0 Å². The van der Waals surface area contributed by atoms with Gasteiger partial charge in [-0.25, -0.2) is 0 Å². The first-order chi connectivity index (χ1) is 12.2. The fraction of sp³-hybridized carbons (Fsp3) is 0.350. The first-order valence-corrected chi connectivity index (χ1v) is 8.56. The Morgan fingerprint density at radius 2 is 2.12 bits per heavy atom. The van der Waals surface area contributed by atoms with Gasteiger partial charge in [-0.15, -0.1) is 0 Å². The number of nitrogens with one attached hydrogen (secondary N) is 2. The lowest BCUT2D eigenvalue weighted by molar-refractivity contribution is -0.117. The van der Waals surface area contributed by atoms with Crippen molar-refractivity contribution in [3.8, 4) is 5.75 Å². The van der Waals surface area contributed by atoms with Crippen molar-refractivity contribution in [3.05, 3.63) is 59.7 Å². The molecule has 1 fully saturated rings. The third-order valence-corrected chi connectivity index (χ3v) is 4.23. The Morgan fingerprint density at radius 3 is 2.84 bits per heavy atom. The predicted molar refractivity (Wildman–Crippen MR) is 98.1 cm³/mol. The van der Waals surface area contributed by atoms with Crippen molar-refractivity contribution < 1.29 is 14.3 Å². The van der Waals surface area contributed by atoms with E-state index in [1.165, 1.54) is 5.56 Å². The minimum absolute atomic E-state index is 0.0150. The lowest BCUT2D eigenvalue weighted by atomic mass is 10.0. The minimum atomic E-state index is -0.0150. The average Bonchev–Trinajstić information content (AvgIpc) is 2.63. The molecule has 0 saturated carbocycles. The SMILES string of the molecule is COc1ccc(NC(=O)CC2COCCN2)cc1Cc1ccccc1. The van der Waals surface area contributed by atoms with Gasteiger partial charge in [-0.05, 0) is 23.8 Å². The van der Waals surface area contributed by atoms with Crippen LogP contribution in [0.4, 0.5) is 5.69 Å². The molecule has 0 bridgehead atoms. The zero-order valence-electron chi connectivity index (χ0n) is 14.5. The quantitative estimate of drug-likeness (QED) is 0.849. The number of carbonyl (C=O) groups is 1. The van der Waals surface area contributed by atoms with Crippen molar-refractivity contribution >= 4 is 11.6 Å². The molecule has 1 unspecified atom stereocenters. The maximum absolute atomic E-state index is 12.3. The van der Waals surface area contributed by atoms with Crippen LogP contribution in [0.5, 0.6) is 5.75 Å². The molecule has 5 heteroatoms. The first-order valence-electron chi connectivity index (χ1n) is 8.56. The molecule has 0 radical (unpaired) electrons. The van der Waals surface area contributed by atoms with Crippen molar-refractivity contribution in [1.29, 1.82) is 0 Å². The molecular formula is C20H24N2O3. The normalized spacial score (nSPS) is 17.1. The first kappa shape index (κ1) is 17.5. The zero-order chi connectivity index (χ0) is 17.5. The van der Waals surface area contributed by atoms with Gasteiger partial charge < -0.3 is 20.1 Å². The summed E-state index contributed by atoms with van der Waals surface area (Å²) in [6.07, 6.45) is 1.16. The van der Waals surface area contributed by atoms with E-state index in [1.807, 2.05) is 36.4 Å². The van der Waals surface area contributed by atoms with E-state index in [4.69, 9.17) is 9.47 Å². The van der Waals surface area contributed by atoms with Gasteiger partial charge in [-0.2, -0.15) is 0 Å². The Bertz CT molecular complexity index is 697. The second-order valence-electron chi connectivity index (χ2n) is 6.17. The number of hydrogen-bond donors (Lipinski definition) is 2. The molecule has 1 amide bonds. The highest BCUT2D eigenvalue weighted by Gasteiger charge is 2.17. The number of amides is 1. The summed E-state index contributed by atoms with van der Waals surface area (Å²) in [5, 5.41) is 6.27. The van der Waals surface area contributed by atoms with Crippen molar-refractivity contribution in [1.82, 2.24) is 5.32 Å². The molecule has 1 aliphatic heterocycles. The molecule has 25 heavy (non-hydrogen) atoms. The van der Waals surface area contributed by atoms with E-state index < -0.39 is 0 Å². The molecule has 1 atom stereocenters. The van der Waals surface area contributed by atoms with Gasteiger partial charge in [-0.3, -0.25) is 4.79 Å². The number of benzene rings is 2. The van der Waals surface area contributed by atoms with Gasteiger partial charge in [0.05, 0.1) is 20.3 Å². The highest BCUT2D eigenvalue weighted by molar-refractivity contribution is 5.91. The number of rotatable bonds is 6. The third-order valence-electron chi connectivity index (χ3n) is 4.23. The standard InChI is InChI=1S/C20H24N2O3/c1-24-19-8-7-17(12-16(19)11-15-5-3-2-4-6-15)22-20(23)13-18-14-25-10-9-21-18/h2-8,12,18,21H,9-11,13-14H2,1H3,(H,22,23). The molecule has 0 aliphatic carbocycles. The number of ether oxygens (including phenoxy) is 2. The summed E-state index contributed by atoms with van der Waals surface area (Å²) < 4.78 is 10.8. The van der Waals surface area contributed by atoms with E-state index in [1.54, 1.807) is 7.11 Å². The molecule has 0 aromatic heterocycles. The van der Waals surface area contributed by atoms with Gasteiger partial charge in [0.25, 0.3) is 0 Å². The summed E-state index contributed by atoms with van der Waals surface area (Å²) in [7, 11) is 1.66. The highest BCUT2D eigenvalue weighted by Crippen LogP contribution is 2.25. The van der Waals surface area contributed by atoms with Crippen molar-refractivity contribution in [2.24, 2.45) is 0 Å². The number of methoxy groups -OCH3 is 1. The van der Waals surface area contributed by atoms with Crippen LogP contribution in [-0.2, 0) is 16.0 Å². The van der Waals surface area contributed by atoms with Gasteiger partial charge in [0.2, 0.25) is 5.91 Å². The summed E-state index contributed by atoms with van der Waals surface area (Å²) >= 11 is 0. The molecule has 2 aromatic rings. The minimum Gasteiger partial charge on any atom is -0.496 e. The number of anilines is 1. The largest absolute Gasteiger partial charge is 0.496 e. The lowest BCUT2D eigenvalue weighted by Gasteiger charge is -2.23. The Hall–Kier alpha value is -2.37. The van der Waals surface area contributed by atoms with Crippen LogP contribution in [0.1, 0.15) is 17.5 Å². The van der Waals surface area contributed by atoms with Gasteiger partial charge in [0, 0.05) is 36.7 Å². The van der Waals surface area contributed by atoms with E-state index in [9.17, 15) is 4.79 Å². The van der Waals surface area contributed by atoms with Gasteiger partial charge in [-0.1, -0.05) is 30.3 Å².